The molecule has 2 aliphatic heterocycles. The number of alkyl halides is 6. The summed E-state index contributed by atoms with van der Waals surface area (Å²) in [5.74, 6) is -3.72. The predicted molar refractivity (Wildman–Crippen MR) is 180 cm³/mol. The zero-order valence-corrected chi connectivity index (χ0v) is 30.9. The van der Waals surface area contributed by atoms with Gasteiger partial charge in [0.1, 0.15) is 29.4 Å². The molecule has 3 N–H and O–H groups in total. The molecule has 18 nitrogen and oxygen atoms in total. The van der Waals surface area contributed by atoms with Gasteiger partial charge in [-0.3, -0.25) is 0 Å². The first-order valence-electron chi connectivity index (χ1n) is 15.9. The fourth-order valence-corrected chi connectivity index (χ4v) is 4.22. The first-order valence-corrected chi connectivity index (χ1v) is 15.9. The monoisotopic (exact) mass is 820 g/mol. The number of nitriles is 2. The SMILES string of the molecule is CC1CN(C(=O)OC(C)(C)C)CCN1c1ccc(C#N)cn1.CC1CNCCN1c1ccc(C#N)cn1.O=C(O)C(F)(F)F.O=C(O)C(F)(F)F.O=C=O.O=C=O. The second-order valence-corrected chi connectivity index (χ2v) is 12.0. The van der Waals surface area contributed by atoms with Crippen LogP contribution < -0.4 is 15.1 Å². The second-order valence-electron chi connectivity index (χ2n) is 12.0. The Labute approximate surface area is 321 Å². The van der Waals surface area contributed by atoms with E-state index in [1.54, 1.807) is 23.4 Å². The molecule has 4 rings (SSSR count). The Balaban J connectivity index is 0. The molecule has 1 amide bonds. The predicted octanol–water partition coefficient (Wildman–Crippen LogP) is 3.25. The summed E-state index contributed by atoms with van der Waals surface area (Å²) in [6, 6.07) is 12.1. The number of carbonyl (C=O) groups excluding carboxylic acids is 5. The molecule has 24 heteroatoms. The smallest absolute Gasteiger partial charge is 0.475 e. The van der Waals surface area contributed by atoms with Gasteiger partial charge in [0.2, 0.25) is 0 Å². The van der Waals surface area contributed by atoms with Crippen molar-refractivity contribution in [3.63, 3.8) is 0 Å². The molecule has 0 aliphatic carbocycles. The lowest BCUT2D eigenvalue weighted by Crippen LogP contribution is -2.54. The van der Waals surface area contributed by atoms with Crippen LogP contribution in [0, 0.1) is 22.7 Å². The van der Waals surface area contributed by atoms with Gasteiger partial charge in [-0.1, -0.05) is 0 Å². The highest BCUT2D eigenvalue weighted by molar-refractivity contribution is 5.73. The molecule has 2 atom stereocenters. The number of pyridine rings is 2. The maximum Gasteiger partial charge on any atom is 0.490 e. The third kappa shape index (κ3) is 22.4. The maximum absolute atomic E-state index is 12.1. The molecule has 0 radical (unpaired) electrons. The maximum atomic E-state index is 12.1. The number of carboxylic acids is 2. The summed E-state index contributed by atoms with van der Waals surface area (Å²) in [6.45, 7) is 14.7. The van der Waals surface area contributed by atoms with E-state index in [4.69, 9.17) is 54.2 Å². The highest BCUT2D eigenvalue weighted by atomic mass is 19.4. The Morgan fingerprint density at radius 2 is 1.14 bits per heavy atom. The normalized spacial score (nSPS) is 15.8. The molecule has 0 aromatic carbocycles. The van der Waals surface area contributed by atoms with E-state index in [9.17, 15) is 31.1 Å². The molecule has 2 aromatic rings. The van der Waals surface area contributed by atoms with Gasteiger partial charge in [-0.15, -0.1) is 0 Å². The highest BCUT2D eigenvalue weighted by Gasteiger charge is 2.39. The van der Waals surface area contributed by atoms with Crippen LogP contribution in [0.3, 0.4) is 0 Å². The number of aliphatic carboxylic acids is 2. The topological polar surface area (TPSA) is 264 Å². The van der Waals surface area contributed by atoms with Crippen molar-refractivity contribution >= 4 is 42.0 Å². The third-order valence-corrected chi connectivity index (χ3v) is 6.61. The number of hydrogen-bond acceptors (Lipinski definition) is 15. The molecule has 0 spiro atoms. The summed E-state index contributed by atoms with van der Waals surface area (Å²) in [6.07, 6.45) is -6.74. The van der Waals surface area contributed by atoms with Gasteiger partial charge in [0.05, 0.1) is 11.1 Å². The van der Waals surface area contributed by atoms with Crippen molar-refractivity contribution in [1.29, 1.82) is 10.5 Å². The van der Waals surface area contributed by atoms with Crippen molar-refractivity contribution in [2.75, 3.05) is 49.1 Å². The van der Waals surface area contributed by atoms with Crippen molar-refractivity contribution in [1.82, 2.24) is 20.2 Å². The van der Waals surface area contributed by atoms with E-state index in [1.165, 1.54) is 0 Å². The van der Waals surface area contributed by atoms with Gasteiger partial charge < -0.3 is 35.0 Å². The summed E-state index contributed by atoms with van der Waals surface area (Å²) in [4.78, 5) is 77.2. The van der Waals surface area contributed by atoms with E-state index in [2.05, 4.69) is 51.1 Å². The van der Waals surface area contributed by atoms with Gasteiger partial charge in [-0.2, -0.15) is 56.0 Å². The fourth-order valence-electron chi connectivity index (χ4n) is 4.22. The van der Waals surface area contributed by atoms with Gasteiger partial charge in [0.15, 0.2) is 0 Å². The Bertz CT molecular complexity index is 1680. The number of rotatable bonds is 2. The minimum atomic E-state index is -5.08. The summed E-state index contributed by atoms with van der Waals surface area (Å²) >= 11 is 0. The fraction of sp³-hybridized carbons (Fsp3) is 0.485. The number of amides is 1. The number of halogens is 6. The number of carbonyl (C=O) groups is 3. The molecule has 2 aromatic heterocycles. The highest BCUT2D eigenvalue weighted by Crippen LogP contribution is 2.21. The molecule has 4 heterocycles. The zero-order valence-electron chi connectivity index (χ0n) is 30.9. The number of anilines is 2. The Morgan fingerprint density at radius 1 is 0.754 bits per heavy atom. The average molecular weight is 821 g/mol. The number of carboxylic acid groups (broad SMARTS) is 2. The molecular weight excluding hydrogens is 782 g/mol. The van der Waals surface area contributed by atoms with Crippen LogP contribution in [0.2, 0.25) is 0 Å². The molecule has 2 fully saturated rings. The third-order valence-electron chi connectivity index (χ3n) is 6.61. The van der Waals surface area contributed by atoms with E-state index in [1.807, 2.05) is 39.0 Å². The van der Waals surface area contributed by atoms with Gasteiger partial charge >= 0.3 is 42.7 Å². The number of nitrogens with one attached hydrogen (secondary N) is 1. The first kappa shape index (κ1) is 52.5. The second kappa shape index (κ2) is 25.5. The molecular formula is C33H38F6N8O10. The standard InChI is InChI=1S/C16H22N4O2.C11H14N4.2C2HF3O2.2CO2/c1-12-11-19(15(21)22-16(2,3)4)7-8-20(12)14-6-5-13(9-17)10-18-14;1-9-7-13-4-5-15(9)11-3-2-10(6-12)8-14-11;2*3-2(4,5)1(6)7;2*2-1-3/h5-6,10,12H,7-8,11H2,1-4H3;2-3,8-9,13H,4-5,7H2,1H3;2*(H,6,7);;. The van der Waals surface area contributed by atoms with Crippen LogP contribution in [0.5, 0.6) is 0 Å². The summed E-state index contributed by atoms with van der Waals surface area (Å²) < 4.78 is 68.9. The zero-order chi connectivity index (χ0) is 44.6. The number of nitrogens with zero attached hydrogens (tertiary/aromatic N) is 7. The van der Waals surface area contributed by atoms with E-state index < -0.39 is 29.9 Å². The van der Waals surface area contributed by atoms with Crippen molar-refractivity contribution in [3.05, 3.63) is 47.8 Å². The van der Waals surface area contributed by atoms with Crippen LogP contribution >= 0.6 is 0 Å². The number of aromatic nitrogens is 2. The van der Waals surface area contributed by atoms with E-state index in [0.29, 0.717) is 36.8 Å². The van der Waals surface area contributed by atoms with Crippen LogP contribution in [-0.4, -0.2) is 125 Å². The lowest BCUT2D eigenvalue weighted by molar-refractivity contribution is -0.193. The van der Waals surface area contributed by atoms with E-state index in [-0.39, 0.29) is 24.4 Å². The van der Waals surface area contributed by atoms with E-state index >= 15 is 0 Å². The molecule has 2 saturated heterocycles. The summed E-state index contributed by atoms with van der Waals surface area (Å²) in [5, 5.41) is 35.1. The van der Waals surface area contributed by atoms with Gasteiger partial charge in [-0.25, -0.2) is 24.4 Å². The van der Waals surface area contributed by atoms with Crippen molar-refractivity contribution in [3.8, 4) is 12.1 Å². The van der Waals surface area contributed by atoms with Crippen molar-refractivity contribution in [2.45, 2.75) is 64.7 Å². The van der Waals surface area contributed by atoms with Crippen LogP contribution in [0.15, 0.2) is 36.7 Å². The molecule has 2 unspecified atom stereocenters. The Hall–Kier alpha value is -6.61. The lowest BCUT2D eigenvalue weighted by atomic mass is 10.2. The lowest BCUT2D eigenvalue weighted by Gasteiger charge is -2.40. The summed E-state index contributed by atoms with van der Waals surface area (Å²) in [5.41, 5.74) is 0.678. The van der Waals surface area contributed by atoms with E-state index in [0.717, 1.165) is 31.3 Å². The van der Waals surface area contributed by atoms with Gasteiger partial charge in [-0.05, 0) is 58.9 Å². The van der Waals surface area contributed by atoms with Gasteiger partial charge in [0.25, 0.3) is 0 Å². The average Bonchev–Trinajstić information content (AvgIpc) is 3.12. The molecule has 312 valence electrons. The minimum absolute atomic E-state index is 0.140. The molecule has 57 heavy (non-hydrogen) atoms. The van der Waals surface area contributed by atoms with Crippen LogP contribution in [0.4, 0.5) is 42.8 Å². The molecule has 2 aliphatic rings. The largest absolute Gasteiger partial charge is 0.490 e. The first-order chi connectivity index (χ1) is 26.3. The van der Waals surface area contributed by atoms with Crippen LogP contribution in [0.1, 0.15) is 45.7 Å². The van der Waals surface area contributed by atoms with Crippen LogP contribution in [0.25, 0.3) is 0 Å². The van der Waals surface area contributed by atoms with Crippen molar-refractivity contribution < 1.29 is 74.9 Å². The van der Waals surface area contributed by atoms with Crippen molar-refractivity contribution in [2.24, 2.45) is 0 Å². The quantitative estimate of drug-likeness (QED) is 0.367. The minimum Gasteiger partial charge on any atom is -0.475 e. The van der Waals surface area contributed by atoms with Gasteiger partial charge in [0, 0.05) is 63.7 Å². The molecule has 0 bridgehead atoms. The number of piperazine rings is 2. The molecule has 0 saturated carbocycles. The Morgan fingerprint density at radius 3 is 1.42 bits per heavy atom. The summed E-state index contributed by atoms with van der Waals surface area (Å²) in [7, 11) is 0. The van der Waals surface area contributed by atoms with Crippen LogP contribution in [-0.2, 0) is 33.5 Å². The number of hydrogen-bond donors (Lipinski definition) is 3. The number of ether oxygens (including phenoxy) is 1. The Kier molecular flexibility index (Phi) is 23.5.